The molecule has 1 aromatic carbocycles. The van der Waals surface area contributed by atoms with Crippen LogP contribution in [0.25, 0.3) is 0 Å². The Bertz CT molecular complexity index is 462. The summed E-state index contributed by atoms with van der Waals surface area (Å²) in [6, 6.07) is 6.69. The fourth-order valence-corrected chi connectivity index (χ4v) is 2.53. The molecule has 0 unspecified atom stereocenters. The minimum atomic E-state index is -4.08. The van der Waals surface area contributed by atoms with E-state index < -0.39 is 18.0 Å². The number of rotatable bonds is 3. The average molecular weight is 286 g/mol. The van der Waals surface area contributed by atoms with Gasteiger partial charge in [0.1, 0.15) is 0 Å². The molecule has 20 heavy (non-hydrogen) atoms. The van der Waals surface area contributed by atoms with Crippen molar-refractivity contribution >= 4 is 11.6 Å². The van der Waals surface area contributed by atoms with E-state index in [4.69, 9.17) is 5.73 Å². The highest BCUT2D eigenvalue weighted by Gasteiger charge is 2.41. The topological polar surface area (TPSA) is 55.1 Å². The number of alkyl halides is 3. The molecule has 1 amide bonds. The van der Waals surface area contributed by atoms with Crippen molar-refractivity contribution < 1.29 is 18.0 Å². The molecule has 1 fully saturated rings. The minimum Gasteiger partial charge on any atom is -0.382 e. The number of nitrogens with two attached hydrogens (primary N) is 1. The van der Waals surface area contributed by atoms with Crippen LogP contribution in [0.5, 0.6) is 0 Å². The van der Waals surface area contributed by atoms with Crippen LogP contribution in [0.4, 0.5) is 18.9 Å². The van der Waals surface area contributed by atoms with Gasteiger partial charge in [0.25, 0.3) is 0 Å². The zero-order valence-corrected chi connectivity index (χ0v) is 10.9. The van der Waals surface area contributed by atoms with Crippen molar-refractivity contribution in [3.05, 3.63) is 29.8 Å². The molecule has 1 aromatic rings. The maximum Gasteiger partial charge on any atom is 0.391 e. The van der Waals surface area contributed by atoms with Gasteiger partial charge in [-0.3, -0.25) is 4.79 Å². The summed E-state index contributed by atoms with van der Waals surface area (Å²) in [6.07, 6.45) is -2.74. The Labute approximate surface area is 115 Å². The van der Waals surface area contributed by atoms with E-state index in [2.05, 4.69) is 5.32 Å². The number of hydrogen-bond acceptors (Lipinski definition) is 2. The molecule has 3 nitrogen and oxygen atoms in total. The van der Waals surface area contributed by atoms with E-state index in [0.29, 0.717) is 18.4 Å². The van der Waals surface area contributed by atoms with Gasteiger partial charge in [-0.05, 0) is 49.9 Å². The number of halogens is 3. The average Bonchev–Trinajstić information content (AvgIpc) is 2.39. The highest BCUT2D eigenvalue weighted by atomic mass is 19.4. The van der Waals surface area contributed by atoms with Crippen molar-refractivity contribution in [3.8, 4) is 0 Å². The Morgan fingerprint density at radius 2 is 1.65 bits per heavy atom. The third-order valence-electron chi connectivity index (χ3n) is 3.73. The molecule has 0 atom stereocenters. The first-order chi connectivity index (χ1) is 9.36. The van der Waals surface area contributed by atoms with Gasteiger partial charge >= 0.3 is 6.18 Å². The van der Waals surface area contributed by atoms with Crippen LogP contribution in [0.15, 0.2) is 24.3 Å². The molecule has 1 saturated carbocycles. The quantitative estimate of drug-likeness (QED) is 0.895. The van der Waals surface area contributed by atoms with Gasteiger partial charge in [0, 0.05) is 17.3 Å². The Kier molecular flexibility index (Phi) is 4.20. The van der Waals surface area contributed by atoms with Gasteiger partial charge in [-0.2, -0.15) is 13.2 Å². The van der Waals surface area contributed by atoms with Gasteiger partial charge in [-0.1, -0.05) is 0 Å². The number of nitrogens with one attached hydrogen (secondary N) is 1. The molecule has 0 aliphatic heterocycles. The van der Waals surface area contributed by atoms with Crippen molar-refractivity contribution in [1.29, 1.82) is 0 Å². The lowest BCUT2D eigenvalue weighted by Crippen LogP contribution is -2.32. The first-order valence-corrected chi connectivity index (χ1v) is 6.59. The second-order valence-corrected chi connectivity index (χ2v) is 5.18. The second-order valence-electron chi connectivity index (χ2n) is 5.18. The molecule has 0 radical (unpaired) electrons. The summed E-state index contributed by atoms with van der Waals surface area (Å²) in [5, 5.41) is 3.20. The molecule has 1 aliphatic carbocycles. The maximum absolute atomic E-state index is 12.6. The van der Waals surface area contributed by atoms with E-state index >= 15 is 0 Å². The molecular formula is C14H17F3N2O. The molecule has 1 aliphatic rings. The van der Waals surface area contributed by atoms with Crippen molar-refractivity contribution in [1.82, 2.24) is 0 Å². The van der Waals surface area contributed by atoms with Gasteiger partial charge in [-0.15, -0.1) is 0 Å². The molecule has 0 bridgehead atoms. The van der Waals surface area contributed by atoms with Crippen molar-refractivity contribution in [2.75, 3.05) is 5.32 Å². The Morgan fingerprint density at radius 3 is 2.10 bits per heavy atom. The van der Waals surface area contributed by atoms with Crippen molar-refractivity contribution in [3.63, 3.8) is 0 Å². The molecule has 0 spiro atoms. The zero-order valence-electron chi connectivity index (χ0n) is 10.9. The smallest absolute Gasteiger partial charge is 0.382 e. The lowest BCUT2D eigenvalue weighted by Gasteiger charge is -2.30. The monoisotopic (exact) mass is 286 g/mol. The largest absolute Gasteiger partial charge is 0.391 e. The van der Waals surface area contributed by atoms with Gasteiger partial charge < -0.3 is 11.1 Å². The Balaban J connectivity index is 1.88. The van der Waals surface area contributed by atoms with E-state index in [1.807, 2.05) is 0 Å². The predicted molar refractivity (Wildman–Crippen MR) is 70.4 cm³/mol. The number of primary amides is 1. The molecule has 3 N–H and O–H groups in total. The van der Waals surface area contributed by atoms with Crippen LogP contribution in [0.3, 0.4) is 0 Å². The molecule has 6 heteroatoms. The first-order valence-electron chi connectivity index (χ1n) is 6.59. The van der Waals surface area contributed by atoms with E-state index in [1.165, 1.54) is 0 Å². The number of carbonyl (C=O) groups excluding carboxylic acids is 1. The standard InChI is InChI=1S/C14H17F3N2O/c15-14(16,17)10-3-7-12(8-4-10)19-11-5-1-9(2-6-11)13(18)20/h1-2,5-6,10,12,19H,3-4,7-8H2,(H2,18,20). The Hall–Kier alpha value is -1.72. The summed E-state index contributed by atoms with van der Waals surface area (Å²) < 4.78 is 37.7. The van der Waals surface area contributed by atoms with Gasteiger partial charge in [0.2, 0.25) is 5.91 Å². The van der Waals surface area contributed by atoms with Crippen molar-refractivity contribution in [2.24, 2.45) is 11.7 Å². The Morgan fingerprint density at radius 1 is 1.10 bits per heavy atom. The number of benzene rings is 1. The number of amides is 1. The highest BCUT2D eigenvalue weighted by molar-refractivity contribution is 5.93. The lowest BCUT2D eigenvalue weighted by atomic mass is 9.85. The molecule has 0 aromatic heterocycles. The summed E-state index contributed by atoms with van der Waals surface area (Å²) >= 11 is 0. The van der Waals surface area contributed by atoms with Crippen LogP contribution in [0, 0.1) is 5.92 Å². The van der Waals surface area contributed by atoms with Gasteiger partial charge in [0.15, 0.2) is 0 Å². The van der Waals surface area contributed by atoms with Gasteiger partial charge in [-0.25, -0.2) is 0 Å². The number of hydrogen-bond donors (Lipinski definition) is 2. The fraction of sp³-hybridized carbons (Fsp3) is 0.500. The van der Waals surface area contributed by atoms with Crippen LogP contribution in [-0.2, 0) is 0 Å². The van der Waals surface area contributed by atoms with E-state index in [-0.39, 0.29) is 18.9 Å². The SMILES string of the molecule is NC(=O)c1ccc(NC2CCC(C(F)(F)F)CC2)cc1. The molecular weight excluding hydrogens is 269 g/mol. The highest BCUT2D eigenvalue weighted by Crippen LogP contribution is 2.38. The summed E-state index contributed by atoms with van der Waals surface area (Å²) in [6.45, 7) is 0. The third kappa shape index (κ3) is 3.65. The van der Waals surface area contributed by atoms with Gasteiger partial charge in [0.05, 0.1) is 5.92 Å². The number of anilines is 1. The molecule has 0 heterocycles. The van der Waals surface area contributed by atoms with E-state index in [9.17, 15) is 18.0 Å². The summed E-state index contributed by atoms with van der Waals surface area (Å²) in [5.41, 5.74) is 6.35. The molecule has 2 rings (SSSR count). The molecule has 0 saturated heterocycles. The normalized spacial score (nSPS) is 23.4. The summed E-state index contributed by atoms with van der Waals surface area (Å²) in [5.74, 6) is -1.67. The minimum absolute atomic E-state index is 0.0491. The van der Waals surface area contributed by atoms with E-state index in [0.717, 1.165) is 5.69 Å². The predicted octanol–water partition coefficient (Wildman–Crippen LogP) is 3.32. The summed E-state index contributed by atoms with van der Waals surface area (Å²) in [7, 11) is 0. The summed E-state index contributed by atoms with van der Waals surface area (Å²) in [4.78, 5) is 10.9. The zero-order chi connectivity index (χ0) is 14.8. The van der Waals surface area contributed by atoms with Crippen LogP contribution < -0.4 is 11.1 Å². The fourth-order valence-electron chi connectivity index (χ4n) is 2.53. The second kappa shape index (κ2) is 5.73. The maximum atomic E-state index is 12.6. The lowest BCUT2D eigenvalue weighted by molar-refractivity contribution is -0.182. The van der Waals surface area contributed by atoms with Crippen LogP contribution >= 0.6 is 0 Å². The van der Waals surface area contributed by atoms with Crippen molar-refractivity contribution in [2.45, 2.75) is 37.9 Å². The van der Waals surface area contributed by atoms with Crippen LogP contribution in [-0.4, -0.2) is 18.1 Å². The van der Waals surface area contributed by atoms with E-state index in [1.54, 1.807) is 24.3 Å². The molecule has 110 valence electrons. The first kappa shape index (κ1) is 14.7. The van der Waals surface area contributed by atoms with Crippen LogP contribution in [0.2, 0.25) is 0 Å². The third-order valence-corrected chi connectivity index (χ3v) is 3.73. The van der Waals surface area contributed by atoms with Crippen LogP contribution in [0.1, 0.15) is 36.0 Å². The number of carbonyl (C=O) groups is 1.